The lowest BCUT2D eigenvalue weighted by atomic mass is 10.0. The van der Waals surface area contributed by atoms with Crippen LogP contribution in [0.2, 0.25) is 0 Å². The first-order chi connectivity index (χ1) is 9.66. The molecule has 0 spiro atoms. The van der Waals surface area contributed by atoms with Gasteiger partial charge in [-0.25, -0.2) is 4.39 Å². The van der Waals surface area contributed by atoms with Gasteiger partial charge in [-0.1, -0.05) is 0 Å². The van der Waals surface area contributed by atoms with Crippen LogP contribution in [0.5, 0.6) is 5.75 Å². The number of halogens is 1. The zero-order valence-electron chi connectivity index (χ0n) is 12.6. The number of hydrogen-bond acceptors (Lipinski definition) is 3. The van der Waals surface area contributed by atoms with Crippen LogP contribution in [0.4, 0.5) is 4.39 Å². The highest BCUT2D eigenvalue weighted by Gasteiger charge is 2.29. The second kappa shape index (κ2) is 6.56. The minimum Gasteiger partial charge on any atom is -0.497 e. The molecule has 1 amide bonds. The summed E-state index contributed by atoms with van der Waals surface area (Å²) < 4.78 is 18.9. The quantitative estimate of drug-likeness (QED) is 0.907. The van der Waals surface area contributed by atoms with Gasteiger partial charge in [0.15, 0.2) is 0 Å². The van der Waals surface area contributed by atoms with Gasteiger partial charge < -0.3 is 14.7 Å². The Balaban J connectivity index is 3.08. The lowest BCUT2D eigenvalue weighted by molar-refractivity contribution is -0.137. The van der Waals surface area contributed by atoms with E-state index in [-0.39, 0.29) is 18.5 Å². The zero-order chi connectivity index (χ0) is 16.2. The van der Waals surface area contributed by atoms with Gasteiger partial charge in [0.2, 0.25) is 0 Å². The second-order valence-electron chi connectivity index (χ2n) is 5.62. The van der Waals surface area contributed by atoms with Gasteiger partial charge in [0, 0.05) is 18.2 Å². The molecule has 1 aromatic carbocycles. The van der Waals surface area contributed by atoms with E-state index in [1.165, 1.54) is 24.1 Å². The molecule has 1 N–H and O–H groups in total. The minimum atomic E-state index is -1.01. The number of ether oxygens (including phenoxy) is 1. The number of benzene rings is 1. The first-order valence-corrected chi connectivity index (χ1v) is 6.54. The highest BCUT2D eigenvalue weighted by atomic mass is 19.1. The Labute approximate surface area is 123 Å². The first kappa shape index (κ1) is 16.9. The summed E-state index contributed by atoms with van der Waals surface area (Å²) in [6.45, 7) is 5.33. The predicted octanol–water partition coefficient (Wildman–Crippen LogP) is 2.55. The molecular weight excluding hydrogens is 277 g/mol. The van der Waals surface area contributed by atoms with Gasteiger partial charge in [0.25, 0.3) is 5.91 Å². The summed E-state index contributed by atoms with van der Waals surface area (Å²) >= 11 is 0. The van der Waals surface area contributed by atoms with Gasteiger partial charge in [-0.2, -0.15) is 0 Å². The Morgan fingerprint density at radius 1 is 1.33 bits per heavy atom. The van der Waals surface area contributed by atoms with Gasteiger partial charge in [-0.3, -0.25) is 9.59 Å². The summed E-state index contributed by atoms with van der Waals surface area (Å²) in [5, 5.41) is 8.77. The van der Waals surface area contributed by atoms with Crippen LogP contribution >= 0.6 is 0 Å². The van der Waals surface area contributed by atoms with E-state index in [0.29, 0.717) is 5.75 Å². The zero-order valence-corrected chi connectivity index (χ0v) is 12.6. The van der Waals surface area contributed by atoms with E-state index in [1.807, 2.05) is 0 Å². The summed E-state index contributed by atoms with van der Waals surface area (Å²) in [4.78, 5) is 24.5. The van der Waals surface area contributed by atoms with E-state index in [1.54, 1.807) is 20.8 Å². The summed E-state index contributed by atoms with van der Waals surface area (Å²) in [6.07, 6.45) is -0.194. The van der Waals surface area contributed by atoms with Crippen LogP contribution < -0.4 is 4.74 Å². The minimum absolute atomic E-state index is 0.0170. The lowest BCUT2D eigenvalue weighted by Gasteiger charge is -2.35. The van der Waals surface area contributed by atoms with Crippen LogP contribution in [0.25, 0.3) is 0 Å². The smallest absolute Gasteiger partial charge is 0.305 e. The molecule has 0 aromatic heterocycles. The number of carboxylic acids is 1. The van der Waals surface area contributed by atoms with E-state index in [0.717, 1.165) is 6.07 Å². The summed E-state index contributed by atoms with van der Waals surface area (Å²) in [7, 11) is 1.41. The molecule has 6 heteroatoms. The van der Waals surface area contributed by atoms with Gasteiger partial charge in [0.1, 0.15) is 11.6 Å². The highest BCUT2D eigenvalue weighted by Crippen LogP contribution is 2.22. The molecule has 0 heterocycles. The molecule has 5 nitrogen and oxygen atoms in total. The molecule has 1 aromatic rings. The van der Waals surface area contributed by atoms with E-state index in [2.05, 4.69) is 0 Å². The highest BCUT2D eigenvalue weighted by molar-refractivity contribution is 5.95. The number of methoxy groups -OCH3 is 1. The fraction of sp³-hybridized carbons (Fsp3) is 0.467. The van der Waals surface area contributed by atoms with Crippen molar-refractivity contribution in [2.75, 3.05) is 13.7 Å². The molecule has 21 heavy (non-hydrogen) atoms. The van der Waals surface area contributed by atoms with Crippen molar-refractivity contribution in [3.05, 3.63) is 29.6 Å². The second-order valence-corrected chi connectivity index (χ2v) is 5.62. The van der Waals surface area contributed by atoms with E-state index < -0.39 is 23.2 Å². The SMILES string of the molecule is COc1ccc(C(=O)N(CCC(=O)O)C(C)(C)C)c(F)c1. The van der Waals surface area contributed by atoms with Crippen molar-refractivity contribution in [3.63, 3.8) is 0 Å². The number of carbonyl (C=O) groups is 2. The van der Waals surface area contributed by atoms with Crippen molar-refractivity contribution < 1.29 is 23.8 Å². The van der Waals surface area contributed by atoms with Gasteiger partial charge >= 0.3 is 5.97 Å². The normalized spacial score (nSPS) is 11.1. The van der Waals surface area contributed by atoms with Crippen molar-refractivity contribution in [1.29, 1.82) is 0 Å². The summed E-state index contributed by atoms with van der Waals surface area (Å²) in [5.74, 6) is -1.92. The van der Waals surface area contributed by atoms with Crippen molar-refractivity contribution in [3.8, 4) is 5.75 Å². The topological polar surface area (TPSA) is 66.8 Å². The molecule has 0 aliphatic heterocycles. The van der Waals surface area contributed by atoms with Gasteiger partial charge in [-0.05, 0) is 32.9 Å². The van der Waals surface area contributed by atoms with Crippen LogP contribution in [-0.4, -0.2) is 41.1 Å². The Morgan fingerprint density at radius 3 is 2.38 bits per heavy atom. The molecular formula is C15H20FNO4. The van der Waals surface area contributed by atoms with Crippen molar-refractivity contribution in [2.45, 2.75) is 32.7 Å². The van der Waals surface area contributed by atoms with Crippen LogP contribution in [-0.2, 0) is 4.79 Å². The predicted molar refractivity (Wildman–Crippen MR) is 76.0 cm³/mol. The Bertz CT molecular complexity index is 537. The number of rotatable bonds is 5. The third kappa shape index (κ3) is 4.44. The Hall–Kier alpha value is -2.11. The fourth-order valence-electron chi connectivity index (χ4n) is 1.89. The monoisotopic (exact) mass is 297 g/mol. The third-order valence-corrected chi connectivity index (χ3v) is 3.01. The molecule has 0 atom stereocenters. The maximum Gasteiger partial charge on any atom is 0.305 e. The molecule has 0 bridgehead atoms. The van der Waals surface area contributed by atoms with Crippen LogP contribution in [0.3, 0.4) is 0 Å². The number of carbonyl (C=O) groups excluding carboxylic acids is 1. The summed E-state index contributed by atoms with van der Waals surface area (Å²) in [5.41, 5.74) is -0.713. The number of carboxylic acid groups (broad SMARTS) is 1. The first-order valence-electron chi connectivity index (χ1n) is 6.54. The Kier molecular flexibility index (Phi) is 5.29. The molecule has 0 saturated carbocycles. The fourth-order valence-corrected chi connectivity index (χ4v) is 1.89. The van der Waals surface area contributed by atoms with E-state index in [4.69, 9.17) is 9.84 Å². The molecule has 0 fully saturated rings. The van der Waals surface area contributed by atoms with Crippen LogP contribution in [0, 0.1) is 5.82 Å². The third-order valence-electron chi connectivity index (χ3n) is 3.01. The average Bonchev–Trinajstić information content (AvgIpc) is 2.36. The van der Waals surface area contributed by atoms with E-state index in [9.17, 15) is 14.0 Å². The lowest BCUT2D eigenvalue weighted by Crippen LogP contribution is -2.46. The maximum absolute atomic E-state index is 14.0. The number of nitrogens with zero attached hydrogens (tertiary/aromatic N) is 1. The van der Waals surface area contributed by atoms with Crippen LogP contribution in [0.1, 0.15) is 37.6 Å². The molecule has 0 aliphatic carbocycles. The van der Waals surface area contributed by atoms with Gasteiger partial charge in [0.05, 0.1) is 19.1 Å². The number of aliphatic carboxylic acids is 1. The van der Waals surface area contributed by atoms with Gasteiger partial charge in [-0.15, -0.1) is 0 Å². The largest absolute Gasteiger partial charge is 0.497 e. The molecule has 1 rings (SSSR count). The molecule has 0 unspecified atom stereocenters. The Morgan fingerprint density at radius 2 is 1.95 bits per heavy atom. The standard InChI is InChI=1S/C15H20FNO4/c1-15(2,3)17(8-7-13(18)19)14(20)11-6-5-10(21-4)9-12(11)16/h5-6,9H,7-8H2,1-4H3,(H,18,19). The molecule has 0 aliphatic rings. The maximum atomic E-state index is 14.0. The van der Waals surface area contributed by atoms with E-state index >= 15 is 0 Å². The van der Waals surface area contributed by atoms with Crippen molar-refractivity contribution in [2.24, 2.45) is 0 Å². The number of amides is 1. The van der Waals surface area contributed by atoms with Crippen molar-refractivity contribution >= 4 is 11.9 Å². The molecule has 0 saturated heterocycles. The number of hydrogen-bond donors (Lipinski definition) is 1. The average molecular weight is 297 g/mol. The van der Waals surface area contributed by atoms with Crippen LogP contribution in [0.15, 0.2) is 18.2 Å². The molecule has 116 valence electrons. The molecule has 0 radical (unpaired) electrons. The van der Waals surface area contributed by atoms with Crippen molar-refractivity contribution in [1.82, 2.24) is 4.90 Å². The summed E-state index contributed by atoms with van der Waals surface area (Å²) in [6, 6.07) is 3.97.